The molecule has 1 aromatic carbocycles. The molecule has 1 atom stereocenters. The van der Waals surface area contributed by atoms with Crippen LogP contribution in [0.2, 0.25) is 0 Å². The van der Waals surface area contributed by atoms with E-state index in [-0.39, 0.29) is 23.2 Å². The third-order valence-electron chi connectivity index (χ3n) is 4.22. The Hall–Kier alpha value is -2.55. The van der Waals surface area contributed by atoms with Crippen molar-refractivity contribution in [2.45, 2.75) is 19.4 Å². The van der Waals surface area contributed by atoms with E-state index in [1.165, 1.54) is 36.5 Å². The van der Waals surface area contributed by atoms with Crippen LogP contribution in [0.15, 0.2) is 36.5 Å². The smallest absolute Gasteiger partial charge is 0.274 e. The molecule has 1 unspecified atom stereocenters. The number of amides is 1. The lowest BCUT2D eigenvalue weighted by Gasteiger charge is -2.26. The molecule has 138 valence electrons. The molecular formula is C17H19FN4O3S. The summed E-state index contributed by atoms with van der Waals surface area (Å²) in [6.45, 7) is 2.42. The number of anilines is 2. The number of hydrogen-bond donors (Lipinski definition) is 1. The highest BCUT2D eigenvalue weighted by molar-refractivity contribution is 7.91. The fraction of sp³-hybridized carbons (Fsp3) is 0.353. The molecule has 9 heteroatoms. The summed E-state index contributed by atoms with van der Waals surface area (Å²) >= 11 is 0. The highest BCUT2D eigenvalue weighted by Gasteiger charge is 2.33. The van der Waals surface area contributed by atoms with E-state index in [4.69, 9.17) is 0 Å². The van der Waals surface area contributed by atoms with Gasteiger partial charge in [-0.25, -0.2) is 22.8 Å². The van der Waals surface area contributed by atoms with Gasteiger partial charge in [-0.1, -0.05) is 0 Å². The van der Waals surface area contributed by atoms with Crippen LogP contribution in [0.3, 0.4) is 0 Å². The van der Waals surface area contributed by atoms with Gasteiger partial charge in [0.15, 0.2) is 9.84 Å². The number of hydrogen-bond acceptors (Lipinski definition) is 6. The van der Waals surface area contributed by atoms with Crippen LogP contribution >= 0.6 is 0 Å². The summed E-state index contributed by atoms with van der Waals surface area (Å²) in [5, 5.41) is 2.64. The topological polar surface area (TPSA) is 92.3 Å². The third kappa shape index (κ3) is 4.16. The molecule has 1 amide bonds. The van der Waals surface area contributed by atoms with Gasteiger partial charge in [-0.2, -0.15) is 0 Å². The molecule has 1 aliphatic rings. The number of carbonyl (C=O) groups is 1. The van der Waals surface area contributed by atoms with Gasteiger partial charge in [0, 0.05) is 24.5 Å². The van der Waals surface area contributed by atoms with Gasteiger partial charge in [-0.15, -0.1) is 0 Å². The third-order valence-corrected chi connectivity index (χ3v) is 5.97. The van der Waals surface area contributed by atoms with Gasteiger partial charge >= 0.3 is 0 Å². The van der Waals surface area contributed by atoms with Crippen molar-refractivity contribution < 1.29 is 17.6 Å². The van der Waals surface area contributed by atoms with Crippen molar-refractivity contribution in [3.05, 3.63) is 48.0 Å². The van der Waals surface area contributed by atoms with Gasteiger partial charge in [-0.05, 0) is 43.7 Å². The number of benzene rings is 1. The largest absolute Gasteiger partial charge is 0.337 e. The summed E-state index contributed by atoms with van der Waals surface area (Å²) in [5.41, 5.74) is 0.601. The number of halogens is 1. The number of aromatic nitrogens is 2. The molecule has 2 aromatic rings. The second-order valence-corrected chi connectivity index (χ2v) is 8.27. The molecule has 3 rings (SSSR count). The van der Waals surface area contributed by atoms with Crippen molar-refractivity contribution in [1.82, 2.24) is 9.97 Å². The minimum Gasteiger partial charge on any atom is -0.337 e. The number of nitrogens with zero attached hydrogens (tertiary/aromatic N) is 3. The molecule has 1 N–H and O–H groups in total. The Morgan fingerprint density at radius 2 is 2.04 bits per heavy atom. The standard InChI is InChI=1S/C17H19FN4O3S/c1-2-22(14-8-10-26(24,25)11-14)17-19-9-7-15(21-17)16(23)20-13-5-3-12(18)4-6-13/h3-7,9,14H,2,8,10-11H2,1H3,(H,20,23). The van der Waals surface area contributed by atoms with E-state index in [0.717, 1.165) is 0 Å². The lowest BCUT2D eigenvalue weighted by Crippen LogP contribution is -2.37. The Morgan fingerprint density at radius 1 is 1.31 bits per heavy atom. The predicted octanol–water partition coefficient (Wildman–Crippen LogP) is 1.88. The summed E-state index contributed by atoms with van der Waals surface area (Å²) in [6, 6.07) is 6.69. The molecule has 1 aromatic heterocycles. The fourth-order valence-corrected chi connectivity index (χ4v) is 4.66. The van der Waals surface area contributed by atoms with Crippen LogP contribution in [-0.2, 0) is 9.84 Å². The zero-order valence-corrected chi connectivity index (χ0v) is 15.0. The van der Waals surface area contributed by atoms with Gasteiger partial charge in [0.25, 0.3) is 5.91 Å². The van der Waals surface area contributed by atoms with E-state index in [1.807, 2.05) is 6.92 Å². The minimum absolute atomic E-state index is 0.0657. The molecular weight excluding hydrogens is 359 g/mol. The van der Waals surface area contributed by atoms with Crippen LogP contribution in [0.4, 0.5) is 16.0 Å². The summed E-state index contributed by atoms with van der Waals surface area (Å²) in [4.78, 5) is 22.7. The highest BCUT2D eigenvalue weighted by Crippen LogP contribution is 2.21. The minimum atomic E-state index is -3.04. The first-order chi connectivity index (χ1) is 12.4. The zero-order valence-electron chi connectivity index (χ0n) is 14.2. The lowest BCUT2D eigenvalue weighted by molar-refractivity contribution is 0.102. The SMILES string of the molecule is CCN(c1nccc(C(=O)Nc2ccc(F)cc2)n1)C1CCS(=O)(=O)C1. The van der Waals surface area contributed by atoms with Crippen LogP contribution < -0.4 is 10.2 Å². The average Bonchev–Trinajstić information content (AvgIpc) is 2.97. The number of rotatable bonds is 5. The predicted molar refractivity (Wildman–Crippen MR) is 96.5 cm³/mol. The monoisotopic (exact) mass is 378 g/mol. The fourth-order valence-electron chi connectivity index (χ4n) is 2.93. The van der Waals surface area contributed by atoms with Crippen molar-refractivity contribution in [2.75, 3.05) is 28.3 Å². The molecule has 0 aliphatic carbocycles. The highest BCUT2D eigenvalue weighted by atomic mass is 32.2. The van der Waals surface area contributed by atoms with E-state index in [0.29, 0.717) is 24.6 Å². The molecule has 26 heavy (non-hydrogen) atoms. The van der Waals surface area contributed by atoms with Crippen LogP contribution in [-0.4, -0.2) is 48.4 Å². The van der Waals surface area contributed by atoms with E-state index in [2.05, 4.69) is 15.3 Å². The maximum absolute atomic E-state index is 12.9. The average molecular weight is 378 g/mol. The lowest BCUT2D eigenvalue weighted by atomic mass is 10.2. The quantitative estimate of drug-likeness (QED) is 0.854. The normalized spacial score (nSPS) is 18.5. The summed E-state index contributed by atoms with van der Waals surface area (Å²) < 4.78 is 36.4. The Labute approximate surface area is 151 Å². The van der Waals surface area contributed by atoms with Crippen LogP contribution in [0, 0.1) is 5.82 Å². The number of carbonyl (C=O) groups excluding carboxylic acids is 1. The Kier molecular flexibility index (Phi) is 5.17. The molecule has 1 saturated heterocycles. The van der Waals surface area contributed by atoms with E-state index < -0.39 is 21.6 Å². The molecule has 0 saturated carbocycles. The van der Waals surface area contributed by atoms with E-state index in [1.54, 1.807) is 4.90 Å². The Bertz CT molecular complexity index is 902. The van der Waals surface area contributed by atoms with Gasteiger partial charge in [0.05, 0.1) is 11.5 Å². The van der Waals surface area contributed by atoms with Crippen LogP contribution in [0.1, 0.15) is 23.8 Å². The first-order valence-electron chi connectivity index (χ1n) is 8.25. The first kappa shape index (κ1) is 18.2. The van der Waals surface area contributed by atoms with Crippen molar-refractivity contribution in [2.24, 2.45) is 0 Å². The zero-order chi connectivity index (χ0) is 18.7. The van der Waals surface area contributed by atoms with Crippen molar-refractivity contribution in [1.29, 1.82) is 0 Å². The van der Waals surface area contributed by atoms with Gasteiger partial charge < -0.3 is 10.2 Å². The van der Waals surface area contributed by atoms with E-state index in [9.17, 15) is 17.6 Å². The molecule has 7 nitrogen and oxygen atoms in total. The summed E-state index contributed by atoms with van der Waals surface area (Å²) in [5.74, 6) is -0.302. The van der Waals surface area contributed by atoms with Crippen molar-refractivity contribution >= 4 is 27.4 Å². The second-order valence-electron chi connectivity index (χ2n) is 6.05. The van der Waals surface area contributed by atoms with Gasteiger partial charge in [0.2, 0.25) is 5.95 Å². The van der Waals surface area contributed by atoms with Crippen LogP contribution in [0.5, 0.6) is 0 Å². The van der Waals surface area contributed by atoms with Crippen molar-refractivity contribution in [3.8, 4) is 0 Å². The maximum atomic E-state index is 12.9. The molecule has 2 heterocycles. The molecule has 0 spiro atoms. The number of sulfone groups is 1. The molecule has 1 fully saturated rings. The van der Waals surface area contributed by atoms with Crippen molar-refractivity contribution in [3.63, 3.8) is 0 Å². The Morgan fingerprint density at radius 3 is 2.65 bits per heavy atom. The second kappa shape index (κ2) is 7.36. The van der Waals surface area contributed by atoms with Gasteiger partial charge in [0.1, 0.15) is 11.5 Å². The Balaban J connectivity index is 1.78. The summed E-state index contributed by atoms with van der Waals surface area (Å²) in [7, 11) is -3.04. The molecule has 0 bridgehead atoms. The molecule has 0 radical (unpaired) electrons. The summed E-state index contributed by atoms with van der Waals surface area (Å²) in [6.07, 6.45) is 1.99. The maximum Gasteiger partial charge on any atom is 0.274 e. The molecule has 1 aliphatic heterocycles. The van der Waals surface area contributed by atoms with Crippen LogP contribution in [0.25, 0.3) is 0 Å². The van der Waals surface area contributed by atoms with Gasteiger partial charge in [-0.3, -0.25) is 4.79 Å². The van der Waals surface area contributed by atoms with E-state index >= 15 is 0 Å². The number of nitrogens with one attached hydrogen (secondary N) is 1. The first-order valence-corrected chi connectivity index (χ1v) is 10.1.